The molecule has 0 atom stereocenters. The van der Waals surface area contributed by atoms with E-state index in [9.17, 15) is 5.11 Å². The maximum atomic E-state index is 11.6. The lowest BCUT2D eigenvalue weighted by molar-refractivity contribution is 0.00236. The molecule has 1 heterocycles. The SMILES string of the molecule is Br.OC(c1ccccc1)(c1ccccc1)C1CCNCC1. The van der Waals surface area contributed by atoms with Gasteiger partial charge in [-0.05, 0) is 43.0 Å². The maximum absolute atomic E-state index is 11.6. The first kappa shape index (κ1) is 16.2. The Morgan fingerprint density at radius 1 is 0.810 bits per heavy atom. The molecule has 0 radical (unpaired) electrons. The molecule has 0 aromatic heterocycles. The van der Waals surface area contributed by atoms with Gasteiger partial charge in [-0.3, -0.25) is 0 Å². The number of aliphatic hydroxyl groups is 1. The zero-order valence-corrected chi connectivity index (χ0v) is 13.7. The molecule has 1 aliphatic rings. The zero-order chi connectivity index (χ0) is 13.8. The Morgan fingerprint density at radius 3 is 1.67 bits per heavy atom. The lowest BCUT2D eigenvalue weighted by Gasteiger charge is -2.39. The fourth-order valence-electron chi connectivity index (χ4n) is 3.26. The molecule has 21 heavy (non-hydrogen) atoms. The van der Waals surface area contributed by atoms with Crippen molar-refractivity contribution >= 4 is 17.0 Å². The minimum atomic E-state index is -0.884. The van der Waals surface area contributed by atoms with Crippen LogP contribution in [-0.2, 0) is 5.60 Å². The van der Waals surface area contributed by atoms with E-state index in [0.717, 1.165) is 37.1 Å². The summed E-state index contributed by atoms with van der Waals surface area (Å²) >= 11 is 0. The molecule has 1 saturated heterocycles. The molecule has 0 saturated carbocycles. The summed E-state index contributed by atoms with van der Waals surface area (Å²) in [7, 11) is 0. The molecule has 2 aromatic rings. The van der Waals surface area contributed by atoms with Crippen molar-refractivity contribution in [3.05, 3.63) is 71.8 Å². The third kappa shape index (κ3) is 3.20. The molecule has 0 aliphatic carbocycles. The van der Waals surface area contributed by atoms with Gasteiger partial charge in [0.15, 0.2) is 0 Å². The second-order valence-electron chi connectivity index (χ2n) is 5.52. The summed E-state index contributed by atoms with van der Waals surface area (Å²) in [5, 5.41) is 14.9. The number of rotatable bonds is 3. The highest BCUT2D eigenvalue weighted by molar-refractivity contribution is 8.93. The minimum Gasteiger partial charge on any atom is -0.380 e. The fourth-order valence-corrected chi connectivity index (χ4v) is 3.26. The molecule has 2 nitrogen and oxygen atoms in total. The smallest absolute Gasteiger partial charge is 0.117 e. The number of piperidine rings is 1. The molecule has 112 valence electrons. The van der Waals surface area contributed by atoms with E-state index in [4.69, 9.17) is 0 Å². The van der Waals surface area contributed by atoms with E-state index in [1.165, 1.54) is 0 Å². The summed E-state index contributed by atoms with van der Waals surface area (Å²) < 4.78 is 0. The number of halogens is 1. The van der Waals surface area contributed by atoms with Gasteiger partial charge in [0.2, 0.25) is 0 Å². The molecule has 2 N–H and O–H groups in total. The first-order valence-corrected chi connectivity index (χ1v) is 7.36. The highest BCUT2D eigenvalue weighted by atomic mass is 79.9. The Bertz CT molecular complexity index is 498. The lowest BCUT2D eigenvalue weighted by atomic mass is 9.72. The molecule has 1 fully saturated rings. The minimum absolute atomic E-state index is 0. The lowest BCUT2D eigenvalue weighted by Crippen LogP contribution is -2.42. The summed E-state index contributed by atoms with van der Waals surface area (Å²) in [5.74, 6) is 0.258. The van der Waals surface area contributed by atoms with Gasteiger partial charge in [0, 0.05) is 0 Å². The van der Waals surface area contributed by atoms with Crippen molar-refractivity contribution in [3.8, 4) is 0 Å². The molecule has 0 unspecified atom stereocenters. The monoisotopic (exact) mass is 347 g/mol. The van der Waals surface area contributed by atoms with E-state index in [1.54, 1.807) is 0 Å². The normalized spacial score (nSPS) is 16.2. The van der Waals surface area contributed by atoms with Crippen molar-refractivity contribution in [2.45, 2.75) is 18.4 Å². The van der Waals surface area contributed by atoms with Gasteiger partial charge >= 0.3 is 0 Å². The van der Waals surface area contributed by atoms with Gasteiger partial charge in [0.1, 0.15) is 5.60 Å². The van der Waals surface area contributed by atoms with E-state index in [1.807, 2.05) is 60.7 Å². The summed E-state index contributed by atoms with van der Waals surface area (Å²) in [4.78, 5) is 0. The number of nitrogens with one attached hydrogen (secondary N) is 1. The zero-order valence-electron chi connectivity index (χ0n) is 12.0. The van der Waals surface area contributed by atoms with Gasteiger partial charge in [0.25, 0.3) is 0 Å². The first-order valence-electron chi connectivity index (χ1n) is 7.36. The molecular formula is C18H22BrNO. The number of hydrogen-bond acceptors (Lipinski definition) is 2. The second kappa shape index (κ2) is 7.21. The van der Waals surface area contributed by atoms with Crippen LogP contribution in [0.1, 0.15) is 24.0 Å². The van der Waals surface area contributed by atoms with Crippen LogP contribution in [0.2, 0.25) is 0 Å². The van der Waals surface area contributed by atoms with Crippen LogP contribution >= 0.6 is 17.0 Å². The van der Waals surface area contributed by atoms with Gasteiger partial charge in [-0.15, -0.1) is 17.0 Å². The number of hydrogen-bond donors (Lipinski definition) is 2. The van der Waals surface area contributed by atoms with Gasteiger partial charge in [-0.2, -0.15) is 0 Å². The van der Waals surface area contributed by atoms with Crippen LogP contribution in [0, 0.1) is 5.92 Å². The predicted molar refractivity (Wildman–Crippen MR) is 91.8 cm³/mol. The van der Waals surface area contributed by atoms with Crippen molar-refractivity contribution < 1.29 is 5.11 Å². The van der Waals surface area contributed by atoms with Crippen molar-refractivity contribution in [2.24, 2.45) is 5.92 Å². The summed E-state index contributed by atoms with van der Waals surface area (Å²) in [5.41, 5.74) is 1.11. The molecule has 2 aromatic carbocycles. The van der Waals surface area contributed by atoms with Gasteiger partial charge < -0.3 is 10.4 Å². The molecule has 3 heteroatoms. The van der Waals surface area contributed by atoms with E-state index in [-0.39, 0.29) is 22.9 Å². The van der Waals surface area contributed by atoms with Crippen LogP contribution < -0.4 is 5.32 Å². The number of benzene rings is 2. The van der Waals surface area contributed by atoms with Gasteiger partial charge in [-0.25, -0.2) is 0 Å². The summed E-state index contributed by atoms with van der Waals surface area (Å²) in [6, 6.07) is 20.2. The Labute approximate surface area is 137 Å². The van der Waals surface area contributed by atoms with E-state index >= 15 is 0 Å². The molecule has 0 amide bonds. The van der Waals surface area contributed by atoms with Crippen LogP contribution in [0.15, 0.2) is 60.7 Å². The largest absolute Gasteiger partial charge is 0.380 e. The van der Waals surface area contributed by atoms with Gasteiger partial charge in [-0.1, -0.05) is 60.7 Å². The van der Waals surface area contributed by atoms with Crippen LogP contribution in [0.4, 0.5) is 0 Å². The van der Waals surface area contributed by atoms with Crippen molar-refractivity contribution in [1.82, 2.24) is 5.32 Å². The highest BCUT2D eigenvalue weighted by Gasteiger charge is 2.40. The van der Waals surface area contributed by atoms with Crippen molar-refractivity contribution in [1.29, 1.82) is 0 Å². The van der Waals surface area contributed by atoms with Crippen molar-refractivity contribution in [3.63, 3.8) is 0 Å². The Balaban J connectivity index is 0.00000161. The maximum Gasteiger partial charge on any atom is 0.117 e. The average Bonchev–Trinajstić information content (AvgIpc) is 2.56. The van der Waals surface area contributed by atoms with Crippen molar-refractivity contribution in [2.75, 3.05) is 13.1 Å². The van der Waals surface area contributed by atoms with Crippen LogP contribution in [-0.4, -0.2) is 18.2 Å². The first-order chi connectivity index (χ1) is 9.82. The fraction of sp³-hybridized carbons (Fsp3) is 0.333. The van der Waals surface area contributed by atoms with Crippen LogP contribution in [0.25, 0.3) is 0 Å². The Morgan fingerprint density at radius 2 is 1.24 bits per heavy atom. The standard InChI is InChI=1S/C18H21NO.BrH/c20-18(15-7-3-1-4-8-15,16-9-5-2-6-10-16)17-11-13-19-14-12-17;/h1-10,17,19-20H,11-14H2;1H. The van der Waals surface area contributed by atoms with E-state index in [2.05, 4.69) is 5.32 Å². The topological polar surface area (TPSA) is 32.3 Å². The molecule has 1 aliphatic heterocycles. The van der Waals surface area contributed by atoms with Gasteiger partial charge in [0.05, 0.1) is 0 Å². The third-order valence-corrected chi connectivity index (χ3v) is 4.36. The van der Waals surface area contributed by atoms with E-state index < -0.39 is 5.60 Å². The summed E-state index contributed by atoms with van der Waals surface area (Å²) in [6.07, 6.45) is 2.00. The van der Waals surface area contributed by atoms with E-state index in [0.29, 0.717) is 0 Å². The van der Waals surface area contributed by atoms with Crippen LogP contribution in [0.3, 0.4) is 0 Å². The Hall–Kier alpha value is -1.16. The second-order valence-corrected chi connectivity index (χ2v) is 5.52. The quantitative estimate of drug-likeness (QED) is 0.890. The predicted octanol–water partition coefficient (Wildman–Crippen LogP) is 3.50. The molecule has 3 rings (SSSR count). The Kier molecular flexibility index (Phi) is 5.57. The average molecular weight is 348 g/mol. The third-order valence-electron chi connectivity index (χ3n) is 4.36. The highest BCUT2D eigenvalue weighted by Crippen LogP contribution is 2.40. The molecule has 0 bridgehead atoms. The van der Waals surface area contributed by atoms with Crippen LogP contribution in [0.5, 0.6) is 0 Å². The molecule has 0 spiro atoms. The summed E-state index contributed by atoms with van der Waals surface area (Å²) in [6.45, 7) is 1.96. The molecular weight excluding hydrogens is 326 g/mol.